The summed E-state index contributed by atoms with van der Waals surface area (Å²) in [4.78, 5) is 34.2. The lowest BCUT2D eigenvalue weighted by Gasteiger charge is -2.14. The van der Waals surface area contributed by atoms with Crippen LogP contribution in [0.25, 0.3) is 297 Å². The summed E-state index contributed by atoms with van der Waals surface area (Å²) < 4.78 is 32.8. The summed E-state index contributed by atoms with van der Waals surface area (Å²) in [6.45, 7) is 0. The molecular weight excluding hydrogens is 1690 g/mol. The van der Waals surface area contributed by atoms with Crippen LogP contribution >= 0.6 is 11.3 Å². The molecule has 0 unspecified atom stereocenters. The summed E-state index contributed by atoms with van der Waals surface area (Å²) in [7, 11) is 0. The summed E-state index contributed by atoms with van der Waals surface area (Å²) in [5, 5.41) is 21.2. The maximum absolute atomic E-state index is 7.25. The van der Waals surface area contributed by atoms with E-state index >= 15 is 0 Å². The molecule has 0 aliphatic rings. The molecule has 30 rings (SSSR count). The fourth-order valence-corrected chi connectivity index (χ4v) is 23.2. The molecule has 0 amide bonds. The Labute approximate surface area is 776 Å². The lowest BCUT2D eigenvalue weighted by atomic mass is 10.0. The van der Waals surface area contributed by atoms with Crippen LogP contribution in [0.15, 0.2) is 426 Å². The molecule has 20 aromatic carbocycles. The van der Waals surface area contributed by atoms with Crippen molar-refractivity contribution in [1.29, 1.82) is 0 Å². The molecule has 0 radical (unpaired) electrons. The van der Waals surface area contributed by atoms with Crippen LogP contribution in [0, 0.1) is 0 Å². The standard InChI is InChI=1S/C122H68N10O3S/c1-2-32-77(33-3-1)129-96-47-16-9-38-82(96)111-86(42-23-49-99(111)129)119-123-117(125-121(127-119)88-44-25-54-108-113(88)84-40-13-20-53-107(84)133-108)76-64-94-81-37-12-19-52-106(81)135-116(94)104(68-76)132-98-58-57-74(62-91(98)92-61-71-28-5-7-30-73(71)66-102(92)132)69-31-22-34-78(59-69)130-97-48-17-10-39-83(97)112-87(43-24-50-100(112)130)120-124-118(126-122(128-120)89-45-26-56-110-114(89)85-41-14-21-55-109(85)136-110)75-63-93-80-36-11-18-51-105(80)134-115(93)103(67-75)131-95-46-15-8-35-79(95)90-60-70-27-4-6-29-72(70)65-101(90)131/h1-68H. The molecular formula is C122H68N10O3S. The number of nitrogens with zero attached hydrogens (tertiary/aromatic N) is 10. The molecule has 0 aliphatic heterocycles. The Balaban J connectivity index is 0.601. The highest BCUT2D eigenvalue weighted by Crippen LogP contribution is 2.50. The molecule has 13 nitrogen and oxygen atoms in total. The van der Waals surface area contributed by atoms with Gasteiger partial charge in [-0.25, -0.2) is 29.9 Å². The Morgan fingerprint density at radius 2 is 0.559 bits per heavy atom. The van der Waals surface area contributed by atoms with Gasteiger partial charge in [0.15, 0.2) is 46.1 Å². The van der Waals surface area contributed by atoms with Gasteiger partial charge in [0.1, 0.15) is 22.3 Å². The van der Waals surface area contributed by atoms with Crippen molar-refractivity contribution >= 4 is 206 Å². The van der Waals surface area contributed by atoms with E-state index < -0.39 is 0 Å². The molecule has 0 aliphatic carbocycles. The van der Waals surface area contributed by atoms with Crippen molar-refractivity contribution in [2.75, 3.05) is 0 Å². The third-order valence-corrected chi connectivity index (χ3v) is 29.1. The molecule has 136 heavy (non-hydrogen) atoms. The molecule has 14 heteroatoms. The topological polar surface area (TPSA) is 136 Å². The van der Waals surface area contributed by atoms with E-state index in [4.69, 9.17) is 43.2 Å². The number of rotatable bonds is 11. The van der Waals surface area contributed by atoms with Gasteiger partial charge in [0.05, 0.1) is 55.5 Å². The van der Waals surface area contributed by atoms with E-state index in [9.17, 15) is 0 Å². The maximum atomic E-state index is 7.25. The van der Waals surface area contributed by atoms with Crippen LogP contribution in [-0.4, -0.2) is 48.2 Å². The van der Waals surface area contributed by atoms with Gasteiger partial charge >= 0.3 is 0 Å². The van der Waals surface area contributed by atoms with Gasteiger partial charge in [-0.3, -0.25) is 0 Å². The van der Waals surface area contributed by atoms with E-state index in [0.717, 1.165) is 252 Å². The predicted molar refractivity (Wildman–Crippen MR) is 558 cm³/mol. The third-order valence-electron chi connectivity index (χ3n) is 28.0. The van der Waals surface area contributed by atoms with Crippen LogP contribution in [0.1, 0.15) is 0 Å². The SMILES string of the molecule is c1ccc(-n2c3ccccc3c3c(-c4nc(-c5cc(-n6c7ccc(-c8cccc(-n9c%10ccccc%10c%10c(-c%11nc(-c%12cc(-n%13c%14ccccc%14c%14cc%15ccccc%15cc%14%13)c%13oc%14ccccc%14c%13c%12)nc(-c%12cccc%13sc%14ccccc%14c%12%13)n%11)cccc%109)c8)cc7c7cc8ccccc8cc76)c6oc7ccccc7c6c5)nc(-c5cccc6oc7ccccc7c56)n4)cccc32)cc1. The second-order valence-corrected chi connectivity index (χ2v) is 36.5. The van der Waals surface area contributed by atoms with Gasteiger partial charge in [0, 0.05) is 140 Å². The van der Waals surface area contributed by atoms with E-state index in [1.54, 1.807) is 11.3 Å². The second kappa shape index (κ2) is 28.6. The lowest BCUT2D eigenvalue weighted by molar-refractivity contribution is 0.666. The number of benzene rings is 20. The average Bonchev–Trinajstić information content (AvgIpc) is 1.53. The Kier molecular flexibility index (Phi) is 15.7. The number of aromatic nitrogens is 10. The highest BCUT2D eigenvalue weighted by Gasteiger charge is 2.30. The lowest BCUT2D eigenvalue weighted by Crippen LogP contribution is -2.02. The highest BCUT2D eigenvalue weighted by molar-refractivity contribution is 7.26. The summed E-state index contributed by atoms with van der Waals surface area (Å²) in [5.74, 6) is 3.18. The fourth-order valence-electron chi connectivity index (χ4n) is 22.1. The van der Waals surface area contributed by atoms with Crippen molar-refractivity contribution in [2.24, 2.45) is 0 Å². The Bertz CT molecular complexity index is 10500. The first-order valence-corrected chi connectivity index (χ1v) is 46.6. The van der Waals surface area contributed by atoms with Crippen LogP contribution in [0.2, 0.25) is 0 Å². The molecule has 0 bridgehead atoms. The molecule has 630 valence electrons. The largest absolute Gasteiger partial charge is 0.456 e. The molecule has 0 fully saturated rings. The molecule has 30 aromatic rings. The number of thiophene rings is 1. The first-order valence-electron chi connectivity index (χ1n) is 45.8. The Hall–Kier alpha value is -18.2. The van der Waals surface area contributed by atoms with E-state index in [-0.39, 0.29) is 0 Å². The van der Waals surface area contributed by atoms with Gasteiger partial charge < -0.3 is 31.5 Å². The first-order chi connectivity index (χ1) is 67.4. The number of para-hydroxylation sites is 7. The maximum Gasteiger partial charge on any atom is 0.164 e. The zero-order valence-electron chi connectivity index (χ0n) is 72.4. The van der Waals surface area contributed by atoms with Crippen molar-refractivity contribution in [3.8, 4) is 102 Å². The summed E-state index contributed by atoms with van der Waals surface area (Å²) >= 11 is 1.78. The van der Waals surface area contributed by atoms with Gasteiger partial charge in [0.2, 0.25) is 0 Å². The minimum atomic E-state index is 0.495. The average molecular weight is 1750 g/mol. The zero-order valence-corrected chi connectivity index (χ0v) is 73.2. The van der Waals surface area contributed by atoms with Crippen molar-refractivity contribution in [3.05, 3.63) is 413 Å². The number of furan rings is 3. The quantitative estimate of drug-likeness (QED) is 0.124. The third kappa shape index (κ3) is 11.0. The van der Waals surface area contributed by atoms with Crippen molar-refractivity contribution in [3.63, 3.8) is 0 Å². The summed E-state index contributed by atoms with van der Waals surface area (Å²) in [6, 6.07) is 147. The van der Waals surface area contributed by atoms with Gasteiger partial charge in [-0.2, -0.15) is 0 Å². The summed E-state index contributed by atoms with van der Waals surface area (Å²) in [5.41, 5.74) is 23.8. The molecule has 0 atom stereocenters. The van der Waals surface area contributed by atoms with Gasteiger partial charge in [0.25, 0.3) is 0 Å². The molecule has 0 spiro atoms. The van der Waals surface area contributed by atoms with Crippen LogP contribution in [0.5, 0.6) is 0 Å². The minimum Gasteiger partial charge on any atom is -0.456 e. The van der Waals surface area contributed by atoms with Crippen molar-refractivity contribution < 1.29 is 13.3 Å². The van der Waals surface area contributed by atoms with Gasteiger partial charge in [-0.05, 0) is 184 Å². The zero-order chi connectivity index (χ0) is 88.6. The second-order valence-electron chi connectivity index (χ2n) is 35.5. The smallest absolute Gasteiger partial charge is 0.164 e. The number of hydrogen-bond acceptors (Lipinski definition) is 10. The van der Waals surface area contributed by atoms with Gasteiger partial charge in [-0.15, -0.1) is 11.3 Å². The minimum absolute atomic E-state index is 0.495. The number of hydrogen-bond donors (Lipinski definition) is 0. The highest BCUT2D eigenvalue weighted by atomic mass is 32.1. The fraction of sp³-hybridized carbons (Fsp3) is 0. The Morgan fingerprint density at radius 1 is 0.184 bits per heavy atom. The summed E-state index contributed by atoms with van der Waals surface area (Å²) in [6.07, 6.45) is 0. The van der Waals surface area contributed by atoms with Crippen LogP contribution < -0.4 is 0 Å². The van der Waals surface area contributed by atoms with E-state index in [1.807, 2.05) is 36.4 Å². The monoisotopic (exact) mass is 1750 g/mol. The van der Waals surface area contributed by atoms with Crippen LogP contribution in [0.4, 0.5) is 0 Å². The van der Waals surface area contributed by atoms with Crippen molar-refractivity contribution in [1.82, 2.24) is 48.2 Å². The van der Waals surface area contributed by atoms with Crippen molar-refractivity contribution in [2.45, 2.75) is 0 Å². The molecule has 0 saturated heterocycles. The van der Waals surface area contributed by atoms with E-state index in [1.165, 1.54) is 10.1 Å². The van der Waals surface area contributed by atoms with Crippen LogP contribution in [0.3, 0.4) is 0 Å². The molecule has 10 heterocycles. The van der Waals surface area contributed by atoms with Gasteiger partial charge in [-0.1, -0.05) is 261 Å². The molecule has 0 N–H and O–H groups in total. The Morgan fingerprint density at radius 3 is 1.14 bits per heavy atom. The normalized spacial score (nSPS) is 12.3. The predicted octanol–water partition coefficient (Wildman–Crippen LogP) is 32.5. The van der Waals surface area contributed by atoms with E-state index in [0.29, 0.717) is 34.9 Å². The first kappa shape index (κ1) is 74.5. The molecule has 10 aromatic heterocycles. The number of fused-ring (bicyclic) bond motifs is 26. The molecule has 0 saturated carbocycles. The van der Waals surface area contributed by atoms with E-state index in [2.05, 4.69) is 394 Å². The van der Waals surface area contributed by atoms with Crippen LogP contribution in [-0.2, 0) is 0 Å².